The van der Waals surface area contributed by atoms with Gasteiger partial charge in [-0.15, -0.1) is 0 Å². The second-order valence-corrected chi connectivity index (χ2v) is 6.61. The van der Waals surface area contributed by atoms with Crippen LogP contribution in [0.2, 0.25) is 0 Å². The van der Waals surface area contributed by atoms with E-state index in [0.717, 1.165) is 34.3 Å². The summed E-state index contributed by atoms with van der Waals surface area (Å²) in [7, 11) is 0. The third-order valence-corrected chi connectivity index (χ3v) is 4.60. The summed E-state index contributed by atoms with van der Waals surface area (Å²) in [6.07, 6.45) is 12.6. The number of rotatable bonds is 8. The molecule has 0 aliphatic carbocycles. The quantitative estimate of drug-likeness (QED) is 0.225. The smallest absolute Gasteiger partial charge is 0.154 e. The molecule has 0 unspecified atom stereocenters. The molecule has 2 aromatic carbocycles. The zero-order valence-electron chi connectivity index (χ0n) is 21.7. The molecule has 0 atom stereocenters. The van der Waals surface area contributed by atoms with Crippen molar-refractivity contribution in [2.24, 2.45) is 10.7 Å². The molecule has 0 fully saturated rings. The fourth-order valence-electron chi connectivity index (χ4n) is 2.97. The minimum atomic E-state index is 0. The van der Waals surface area contributed by atoms with Crippen LogP contribution in [-0.4, -0.2) is 11.7 Å². The molecule has 2 rings (SSSR count). The summed E-state index contributed by atoms with van der Waals surface area (Å²) >= 11 is 0. The predicted octanol–water partition coefficient (Wildman–Crippen LogP) is 9.23. The molecule has 3 heteroatoms. The molecule has 188 valence electrons. The second-order valence-electron chi connectivity index (χ2n) is 6.61. The summed E-state index contributed by atoms with van der Waals surface area (Å²) in [6.45, 7) is 19.7. The van der Waals surface area contributed by atoms with E-state index < -0.39 is 0 Å². The molecular formula is C32H45N3. The van der Waals surface area contributed by atoms with Gasteiger partial charge >= 0.3 is 0 Å². The molecule has 0 bridgehead atoms. The Morgan fingerprint density at radius 3 is 1.74 bits per heavy atom. The number of benzene rings is 2. The summed E-state index contributed by atoms with van der Waals surface area (Å²) in [5.41, 5.74) is 12.0. The maximum absolute atomic E-state index is 8.30. The van der Waals surface area contributed by atoms with Gasteiger partial charge in [0.25, 0.3) is 0 Å². The fraction of sp³-hybridized carbons (Fsp3) is 0.250. The Balaban J connectivity index is 0. The third kappa shape index (κ3) is 10.8. The number of aliphatic imine (C=N–C) groups is 1. The van der Waals surface area contributed by atoms with E-state index in [1.165, 1.54) is 0 Å². The average Bonchev–Trinajstić information content (AvgIpc) is 2.90. The van der Waals surface area contributed by atoms with E-state index in [0.29, 0.717) is 11.4 Å². The SMILES string of the molecule is C.C=C/C=C\C(=C/C)c1ccc(C(N)=NC(=N)c2ccc(/C(C=C)=C/CC)cc2)cc1.CC.CC. The van der Waals surface area contributed by atoms with E-state index in [-0.39, 0.29) is 13.3 Å². The number of allylic oxidation sites excluding steroid dienone is 8. The van der Waals surface area contributed by atoms with Crippen molar-refractivity contribution in [3.63, 3.8) is 0 Å². The number of amidine groups is 2. The van der Waals surface area contributed by atoms with Crippen molar-refractivity contribution in [3.8, 4) is 0 Å². The number of nitrogens with zero attached hydrogens (tertiary/aromatic N) is 1. The van der Waals surface area contributed by atoms with Gasteiger partial charge in [-0.2, -0.15) is 0 Å². The molecule has 3 N–H and O–H groups in total. The van der Waals surface area contributed by atoms with Crippen molar-refractivity contribution < 1.29 is 0 Å². The van der Waals surface area contributed by atoms with Crippen LogP contribution >= 0.6 is 0 Å². The highest BCUT2D eigenvalue weighted by Crippen LogP contribution is 2.19. The Morgan fingerprint density at radius 1 is 0.857 bits per heavy atom. The van der Waals surface area contributed by atoms with Crippen molar-refractivity contribution in [3.05, 3.63) is 120 Å². The molecule has 0 saturated heterocycles. The molecule has 0 aliphatic rings. The number of nitrogens with two attached hydrogens (primary N) is 1. The molecule has 35 heavy (non-hydrogen) atoms. The molecule has 2 aromatic rings. The highest BCUT2D eigenvalue weighted by atomic mass is 14.9. The van der Waals surface area contributed by atoms with Crippen molar-refractivity contribution in [1.29, 1.82) is 5.41 Å². The molecule has 0 heterocycles. The van der Waals surface area contributed by atoms with E-state index in [4.69, 9.17) is 11.1 Å². The molecule has 0 amide bonds. The van der Waals surface area contributed by atoms with Gasteiger partial charge in [0, 0.05) is 11.1 Å². The van der Waals surface area contributed by atoms with Crippen LogP contribution < -0.4 is 5.73 Å². The largest absolute Gasteiger partial charge is 0.383 e. The van der Waals surface area contributed by atoms with E-state index >= 15 is 0 Å². The lowest BCUT2D eigenvalue weighted by Gasteiger charge is -2.07. The van der Waals surface area contributed by atoms with Gasteiger partial charge in [0.2, 0.25) is 0 Å². The van der Waals surface area contributed by atoms with Crippen LogP contribution in [0.5, 0.6) is 0 Å². The number of hydrogen-bond acceptors (Lipinski definition) is 1. The predicted molar refractivity (Wildman–Crippen MR) is 161 cm³/mol. The zero-order valence-corrected chi connectivity index (χ0v) is 21.7. The Labute approximate surface area is 214 Å². The van der Waals surface area contributed by atoms with Crippen molar-refractivity contribution in [2.75, 3.05) is 0 Å². The highest BCUT2D eigenvalue weighted by molar-refractivity contribution is 6.09. The summed E-state index contributed by atoms with van der Waals surface area (Å²) in [5.74, 6) is 0.447. The summed E-state index contributed by atoms with van der Waals surface area (Å²) < 4.78 is 0. The van der Waals surface area contributed by atoms with Gasteiger partial charge < -0.3 is 5.73 Å². The first-order valence-corrected chi connectivity index (χ1v) is 12.0. The third-order valence-electron chi connectivity index (χ3n) is 4.60. The van der Waals surface area contributed by atoms with Gasteiger partial charge in [-0.25, -0.2) is 4.99 Å². The Hall–Kier alpha value is -3.72. The van der Waals surface area contributed by atoms with Crippen molar-refractivity contribution in [1.82, 2.24) is 0 Å². The van der Waals surface area contributed by atoms with E-state index in [1.54, 1.807) is 6.08 Å². The van der Waals surface area contributed by atoms with E-state index in [1.807, 2.05) is 107 Å². The normalized spacial score (nSPS) is 11.3. The molecule has 0 saturated carbocycles. The second kappa shape index (κ2) is 19.7. The molecule has 0 aromatic heterocycles. The highest BCUT2D eigenvalue weighted by Gasteiger charge is 2.05. The first-order valence-electron chi connectivity index (χ1n) is 12.0. The van der Waals surface area contributed by atoms with Gasteiger partial charge in [-0.1, -0.05) is 140 Å². The van der Waals surface area contributed by atoms with Crippen LogP contribution in [0, 0.1) is 5.41 Å². The molecule has 0 spiro atoms. The Morgan fingerprint density at radius 2 is 1.31 bits per heavy atom. The molecule has 3 nitrogen and oxygen atoms in total. The van der Waals surface area contributed by atoms with Gasteiger partial charge in [0.05, 0.1) is 0 Å². The van der Waals surface area contributed by atoms with Gasteiger partial charge in [-0.05, 0) is 35.6 Å². The standard InChI is InChI=1S/C27H29N3.2C2H6.CH4/c1-5-9-11-21(8-4)23-14-18-25(19-15-23)27(29)30-26(28)24-16-12-22(13-17-24)20(7-3)10-6-2;2*1-2;/h5,7-19H,1,3,6H2,2,4H3,(H3,28,29,30);2*1-2H3;1H4/b11-9-,20-10+,21-8+;;;. The van der Waals surface area contributed by atoms with Crippen molar-refractivity contribution in [2.45, 2.75) is 55.4 Å². The van der Waals surface area contributed by atoms with Crippen molar-refractivity contribution >= 4 is 22.8 Å². The Kier molecular flexibility index (Phi) is 18.9. The van der Waals surface area contributed by atoms with Crippen LogP contribution in [0.3, 0.4) is 0 Å². The fourth-order valence-corrected chi connectivity index (χ4v) is 2.97. The number of hydrogen-bond donors (Lipinski definition) is 2. The van der Waals surface area contributed by atoms with E-state index in [9.17, 15) is 0 Å². The zero-order chi connectivity index (χ0) is 25.9. The molecule has 0 aliphatic heterocycles. The van der Waals surface area contributed by atoms with Gasteiger partial charge in [0.1, 0.15) is 5.84 Å². The minimum Gasteiger partial charge on any atom is -0.383 e. The first kappa shape index (κ1) is 33.5. The maximum Gasteiger partial charge on any atom is 0.154 e. The summed E-state index contributed by atoms with van der Waals surface area (Å²) in [5, 5.41) is 8.30. The van der Waals surface area contributed by atoms with Crippen LogP contribution in [0.1, 0.15) is 77.6 Å². The Bertz CT molecular complexity index is 1020. The van der Waals surface area contributed by atoms with Gasteiger partial charge in [0.15, 0.2) is 5.84 Å². The monoisotopic (exact) mass is 471 g/mol. The summed E-state index contributed by atoms with van der Waals surface area (Å²) in [6, 6.07) is 15.5. The van der Waals surface area contributed by atoms with Crippen LogP contribution in [-0.2, 0) is 0 Å². The summed E-state index contributed by atoms with van der Waals surface area (Å²) in [4.78, 5) is 4.29. The molecule has 0 radical (unpaired) electrons. The van der Waals surface area contributed by atoms with Gasteiger partial charge in [-0.3, -0.25) is 5.41 Å². The molecular weight excluding hydrogens is 426 g/mol. The average molecular weight is 472 g/mol. The van der Waals surface area contributed by atoms with E-state index in [2.05, 4.69) is 31.2 Å². The first-order chi connectivity index (χ1) is 16.5. The van der Waals surface area contributed by atoms with Crippen LogP contribution in [0.4, 0.5) is 0 Å². The van der Waals surface area contributed by atoms with Crippen LogP contribution in [0.15, 0.2) is 103 Å². The van der Waals surface area contributed by atoms with Crippen LogP contribution in [0.25, 0.3) is 11.1 Å². The lowest BCUT2D eigenvalue weighted by atomic mass is 10.0. The minimum absolute atomic E-state index is 0. The maximum atomic E-state index is 8.30. The topological polar surface area (TPSA) is 62.2 Å². The number of nitrogens with one attached hydrogen (secondary N) is 1. The lowest BCUT2D eigenvalue weighted by Crippen LogP contribution is -2.16. The lowest BCUT2D eigenvalue weighted by molar-refractivity contribution is 1.23.